The Morgan fingerprint density at radius 2 is 1.95 bits per heavy atom. The third-order valence-corrected chi connectivity index (χ3v) is 5.34. The summed E-state index contributed by atoms with van der Waals surface area (Å²) in [7, 11) is 1.77. The summed E-state index contributed by atoms with van der Waals surface area (Å²) >= 11 is 0. The first-order valence-corrected chi connectivity index (χ1v) is 8.58. The van der Waals surface area contributed by atoms with Crippen LogP contribution < -0.4 is 10.1 Å². The van der Waals surface area contributed by atoms with Gasteiger partial charge in [0, 0.05) is 17.6 Å². The highest BCUT2D eigenvalue weighted by atomic mass is 16.5. The van der Waals surface area contributed by atoms with Crippen LogP contribution in [0.3, 0.4) is 0 Å². The van der Waals surface area contributed by atoms with E-state index in [2.05, 4.69) is 37.4 Å². The van der Waals surface area contributed by atoms with Gasteiger partial charge < -0.3 is 10.1 Å². The number of benzene rings is 1. The highest BCUT2D eigenvalue weighted by Gasteiger charge is 2.35. The molecule has 2 aliphatic carbocycles. The highest BCUT2D eigenvalue weighted by molar-refractivity contribution is 5.38. The number of aryl methyl sites for hydroxylation is 1. The molecule has 116 valence electrons. The highest BCUT2D eigenvalue weighted by Crippen LogP contribution is 2.44. The van der Waals surface area contributed by atoms with E-state index in [1.165, 1.54) is 49.7 Å². The SMILES string of the molecule is COc1ccc(C)cc1C(C)NC1CCCC(C2CC2)C1. The summed E-state index contributed by atoms with van der Waals surface area (Å²) in [4.78, 5) is 0. The van der Waals surface area contributed by atoms with Crippen molar-refractivity contribution in [3.05, 3.63) is 29.3 Å². The molecule has 0 spiro atoms. The van der Waals surface area contributed by atoms with E-state index in [1.54, 1.807) is 7.11 Å². The van der Waals surface area contributed by atoms with Crippen molar-refractivity contribution in [1.82, 2.24) is 5.32 Å². The fourth-order valence-corrected chi connectivity index (χ4v) is 4.01. The molecule has 0 saturated heterocycles. The molecular formula is C19H29NO. The van der Waals surface area contributed by atoms with Crippen molar-refractivity contribution in [1.29, 1.82) is 0 Å². The second-order valence-electron chi connectivity index (χ2n) is 7.09. The first kappa shape index (κ1) is 14.9. The van der Waals surface area contributed by atoms with Gasteiger partial charge in [-0.1, -0.05) is 30.5 Å². The molecule has 0 heterocycles. The number of ether oxygens (including phenoxy) is 1. The third kappa shape index (κ3) is 3.60. The third-order valence-electron chi connectivity index (χ3n) is 5.34. The van der Waals surface area contributed by atoms with Crippen LogP contribution in [0.4, 0.5) is 0 Å². The zero-order valence-corrected chi connectivity index (χ0v) is 13.7. The number of hydrogen-bond acceptors (Lipinski definition) is 2. The number of nitrogens with one attached hydrogen (secondary N) is 1. The van der Waals surface area contributed by atoms with Gasteiger partial charge >= 0.3 is 0 Å². The van der Waals surface area contributed by atoms with E-state index < -0.39 is 0 Å². The predicted octanol–water partition coefficient (Wildman–Crippen LogP) is 4.62. The van der Waals surface area contributed by atoms with E-state index in [0.717, 1.165) is 17.6 Å². The topological polar surface area (TPSA) is 21.3 Å². The van der Waals surface area contributed by atoms with Crippen molar-refractivity contribution in [2.45, 2.75) is 64.5 Å². The zero-order chi connectivity index (χ0) is 14.8. The summed E-state index contributed by atoms with van der Waals surface area (Å²) in [5, 5.41) is 3.87. The Labute approximate surface area is 129 Å². The molecule has 0 amide bonds. The lowest BCUT2D eigenvalue weighted by molar-refractivity contribution is 0.248. The van der Waals surface area contributed by atoms with Gasteiger partial charge in [-0.3, -0.25) is 0 Å². The van der Waals surface area contributed by atoms with Crippen LogP contribution in [0.15, 0.2) is 18.2 Å². The van der Waals surface area contributed by atoms with Gasteiger partial charge in [-0.25, -0.2) is 0 Å². The summed E-state index contributed by atoms with van der Waals surface area (Å²) in [6.45, 7) is 4.43. The van der Waals surface area contributed by atoms with E-state index in [1.807, 2.05) is 0 Å². The Bertz CT molecular complexity index is 480. The van der Waals surface area contributed by atoms with Gasteiger partial charge in [0.25, 0.3) is 0 Å². The van der Waals surface area contributed by atoms with Crippen LogP contribution in [0.2, 0.25) is 0 Å². The van der Waals surface area contributed by atoms with Crippen molar-refractivity contribution in [2.24, 2.45) is 11.8 Å². The van der Waals surface area contributed by atoms with Crippen molar-refractivity contribution >= 4 is 0 Å². The van der Waals surface area contributed by atoms with Gasteiger partial charge in [0.2, 0.25) is 0 Å². The van der Waals surface area contributed by atoms with Crippen LogP contribution >= 0.6 is 0 Å². The molecule has 0 bridgehead atoms. The van der Waals surface area contributed by atoms with Crippen LogP contribution in [-0.2, 0) is 0 Å². The summed E-state index contributed by atoms with van der Waals surface area (Å²) < 4.78 is 5.54. The monoisotopic (exact) mass is 287 g/mol. The Balaban J connectivity index is 1.65. The maximum atomic E-state index is 5.54. The summed E-state index contributed by atoms with van der Waals surface area (Å²) in [6.07, 6.45) is 8.55. The molecule has 3 unspecified atom stereocenters. The maximum absolute atomic E-state index is 5.54. The molecule has 1 aromatic rings. The molecule has 1 N–H and O–H groups in total. The molecule has 2 fully saturated rings. The van der Waals surface area contributed by atoms with Gasteiger partial charge in [-0.2, -0.15) is 0 Å². The molecule has 21 heavy (non-hydrogen) atoms. The molecule has 0 aromatic heterocycles. The van der Waals surface area contributed by atoms with Gasteiger partial charge in [0.05, 0.1) is 7.11 Å². The first-order chi connectivity index (χ1) is 10.2. The molecule has 2 nitrogen and oxygen atoms in total. The van der Waals surface area contributed by atoms with Crippen LogP contribution in [0.1, 0.15) is 62.6 Å². The fourth-order valence-electron chi connectivity index (χ4n) is 4.01. The second kappa shape index (κ2) is 6.39. The van der Waals surface area contributed by atoms with Crippen molar-refractivity contribution < 1.29 is 4.74 Å². The Morgan fingerprint density at radius 1 is 1.14 bits per heavy atom. The largest absolute Gasteiger partial charge is 0.496 e. The molecular weight excluding hydrogens is 258 g/mol. The van der Waals surface area contributed by atoms with Crippen LogP contribution in [0.25, 0.3) is 0 Å². The van der Waals surface area contributed by atoms with Gasteiger partial charge in [-0.15, -0.1) is 0 Å². The lowest BCUT2D eigenvalue weighted by Gasteiger charge is -2.32. The van der Waals surface area contributed by atoms with Crippen molar-refractivity contribution in [3.63, 3.8) is 0 Å². The molecule has 3 rings (SSSR count). The summed E-state index contributed by atoms with van der Waals surface area (Å²) in [6, 6.07) is 7.53. The Morgan fingerprint density at radius 3 is 2.67 bits per heavy atom. The smallest absolute Gasteiger partial charge is 0.123 e. The normalized spacial score (nSPS) is 27.4. The van der Waals surface area contributed by atoms with Crippen molar-refractivity contribution in [2.75, 3.05) is 7.11 Å². The number of rotatable bonds is 5. The van der Waals surface area contributed by atoms with Crippen LogP contribution in [0.5, 0.6) is 5.75 Å². The van der Waals surface area contributed by atoms with Gasteiger partial charge in [0.1, 0.15) is 5.75 Å². The minimum absolute atomic E-state index is 0.364. The van der Waals surface area contributed by atoms with E-state index in [4.69, 9.17) is 4.74 Å². The second-order valence-corrected chi connectivity index (χ2v) is 7.09. The van der Waals surface area contributed by atoms with E-state index in [0.29, 0.717) is 12.1 Å². The lowest BCUT2D eigenvalue weighted by Crippen LogP contribution is -2.36. The molecule has 2 aliphatic rings. The number of hydrogen-bond donors (Lipinski definition) is 1. The maximum Gasteiger partial charge on any atom is 0.123 e. The standard InChI is InChI=1S/C19H29NO/c1-13-7-10-19(21-3)18(11-13)14(2)20-17-6-4-5-16(12-17)15-8-9-15/h7,10-11,14-17,20H,4-6,8-9,12H2,1-3H3. The summed E-state index contributed by atoms with van der Waals surface area (Å²) in [5.41, 5.74) is 2.60. The number of methoxy groups -OCH3 is 1. The fraction of sp³-hybridized carbons (Fsp3) is 0.684. The first-order valence-electron chi connectivity index (χ1n) is 8.58. The molecule has 2 heteroatoms. The average Bonchev–Trinajstić information content (AvgIpc) is 3.32. The quantitative estimate of drug-likeness (QED) is 0.853. The van der Waals surface area contributed by atoms with Crippen molar-refractivity contribution in [3.8, 4) is 5.75 Å². The predicted molar refractivity (Wildman–Crippen MR) is 87.8 cm³/mol. The minimum atomic E-state index is 0.364. The average molecular weight is 287 g/mol. The molecule has 1 aromatic carbocycles. The van der Waals surface area contributed by atoms with E-state index >= 15 is 0 Å². The van der Waals surface area contributed by atoms with Crippen LogP contribution in [0, 0.1) is 18.8 Å². The minimum Gasteiger partial charge on any atom is -0.496 e. The Hall–Kier alpha value is -1.02. The van der Waals surface area contributed by atoms with E-state index in [9.17, 15) is 0 Å². The molecule has 2 saturated carbocycles. The van der Waals surface area contributed by atoms with Crippen LogP contribution in [-0.4, -0.2) is 13.2 Å². The Kier molecular flexibility index (Phi) is 4.54. The zero-order valence-electron chi connectivity index (χ0n) is 13.7. The van der Waals surface area contributed by atoms with Gasteiger partial charge in [0.15, 0.2) is 0 Å². The molecule has 0 aliphatic heterocycles. The molecule has 0 radical (unpaired) electrons. The van der Waals surface area contributed by atoms with Gasteiger partial charge in [-0.05, 0) is 57.4 Å². The summed E-state index contributed by atoms with van der Waals surface area (Å²) in [5.74, 6) is 3.05. The molecule has 3 atom stereocenters. The van der Waals surface area contributed by atoms with E-state index in [-0.39, 0.29) is 0 Å². The lowest BCUT2D eigenvalue weighted by atomic mass is 9.82.